The predicted octanol–water partition coefficient (Wildman–Crippen LogP) is 1.75. The Bertz CT molecular complexity index is 740. The van der Waals surface area contributed by atoms with Crippen LogP contribution in [0.4, 0.5) is 0 Å². The van der Waals surface area contributed by atoms with Crippen molar-refractivity contribution in [1.82, 2.24) is 20.2 Å². The summed E-state index contributed by atoms with van der Waals surface area (Å²) in [4.78, 5) is 34.3. The first-order valence-electron chi connectivity index (χ1n) is 8.52. The van der Waals surface area contributed by atoms with Crippen LogP contribution in [0.15, 0.2) is 42.9 Å². The Balaban J connectivity index is 1.47. The summed E-state index contributed by atoms with van der Waals surface area (Å²) in [6.07, 6.45) is 6.45. The van der Waals surface area contributed by atoms with Crippen molar-refractivity contribution in [2.45, 2.75) is 32.2 Å². The van der Waals surface area contributed by atoms with Gasteiger partial charge in [-0.05, 0) is 25.3 Å². The largest absolute Gasteiger partial charge is 0.353 e. The fraction of sp³-hybridized carbons (Fsp3) is 0.368. The first-order chi connectivity index (χ1) is 12.1. The van der Waals surface area contributed by atoms with E-state index in [4.69, 9.17) is 0 Å². The molecule has 6 nitrogen and oxygen atoms in total. The Kier molecular flexibility index (Phi) is 5.38. The smallest absolute Gasteiger partial charge is 0.274 e. The Hall–Kier alpha value is -2.76. The maximum atomic E-state index is 12.3. The van der Waals surface area contributed by atoms with Gasteiger partial charge >= 0.3 is 0 Å². The molecular weight excluding hydrogens is 316 g/mol. The molecule has 1 aromatic carbocycles. The normalized spacial score (nSPS) is 15.0. The molecule has 0 radical (unpaired) electrons. The Morgan fingerprint density at radius 2 is 2.04 bits per heavy atom. The zero-order chi connectivity index (χ0) is 17.6. The highest BCUT2D eigenvalue weighted by Crippen LogP contribution is 2.13. The zero-order valence-corrected chi connectivity index (χ0v) is 14.3. The summed E-state index contributed by atoms with van der Waals surface area (Å²) in [5.41, 5.74) is 2.54. The van der Waals surface area contributed by atoms with Crippen LogP contribution < -0.4 is 5.32 Å². The first kappa shape index (κ1) is 17.1. The predicted molar refractivity (Wildman–Crippen MR) is 94.0 cm³/mol. The number of benzene rings is 1. The van der Waals surface area contributed by atoms with Gasteiger partial charge < -0.3 is 10.2 Å². The minimum Gasteiger partial charge on any atom is -0.353 e. The molecule has 0 unspecified atom stereocenters. The van der Waals surface area contributed by atoms with E-state index in [1.807, 2.05) is 31.2 Å². The molecule has 0 aliphatic carbocycles. The van der Waals surface area contributed by atoms with Crippen molar-refractivity contribution in [2.75, 3.05) is 13.1 Å². The van der Waals surface area contributed by atoms with Gasteiger partial charge in [-0.3, -0.25) is 14.6 Å². The SMILES string of the molecule is Cc1cccc(CC(=O)NC2CCN(C(=O)c3cnccn3)CC2)c1. The van der Waals surface area contributed by atoms with Crippen molar-refractivity contribution in [3.8, 4) is 0 Å². The Morgan fingerprint density at radius 1 is 1.24 bits per heavy atom. The van der Waals surface area contributed by atoms with Crippen molar-refractivity contribution < 1.29 is 9.59 Å². The van der Waals surface area contributed by atoms with Crippen LogP contribution in [-0.4, -0.2) is 45.8 Å². The van der Waals surface area contributed by atoms with Gasteiger partial charge in [0.05, 0.1) is 12.6 Å². The average molecular weight is 338 g/mol. The van der Waals surface area contributed by atoms with Crippen LogP contribution in [0.2, 0.25) is 0 Å². The number of likely N-dealkylation sites (tertiary alicyclic amines) is 1. The van der Waals surface area contributed by atoms with Crippen LogP contribution in [-0.2, 0) is 11.2 Å². The van der Waals surface area contributed by atoms with Gasteiger partial charge in [-0.25, -0.2) is 4.98 Å². The number of rotatable bonds is 4. The summed E-state index contributed by atoms with van der Waals surface area (Å²) in [5.74, 6) is -0.0676. The van der Waals surface area contributed by atoms with Gasteiger partial charge in [0, 0.05) is 31.5 Å². The first-order valence-corrected chi connectivity index (χ1v) is 8.52. The number of carbonyl (C=O) groups is 2. The second-order valence-corrected chi connectivity index (χ2v) is 6.39. The van der Waals surface area contributed by atoms with Gasteiger partial charge in [0.2, 0.25) is 5.91 Å². The molecule has 130 valence electrons. The van der Waals surface area contributed by atoms with E-state index in [2.05, 4.69) is 15.3 Å². The van der Waals surface area contributed by atoms with E-state index >= 15 is 0 Å². The molecule has 0 saturated carbocycles. The molecule has 1 aliphatic heterocycles. The van der Waals surface area contributed by atoms with Crippen molar-refractivity contribution >= 4 is 11.8 Å². The summed E-state index contributed by atoms with van der Waals surface area (Å²) in [5, 5.41) is 3.08. The van der Waals surface area contributed by atoms with Gasteiger partial charge in [-0.1, -0.05) is 29.8 Å². The Labute approximate surface area is 147 Å². The number of hydrogen-bond donors (Lipinski definition) is 1. The maximum absolute atomic E-state index is 12.3. The van der Waals surface area contributed by atoms with Crippen LogP contribution in [0.25, 0.3) is 0 Å². The molecule has 0 bridgehead atoms. The van der Waals surface area contributed by atoms with Gasteiger partial charge in [0.15, 0.2) is 0 Å². The third-order valence-electron chi connectivity index (χ3n) is 4.38. The molecule has 3 rings (SSSR count). The molecule has 6 heteroatoms. The van der Waals surface area contributed by atoms with Crippen LogP contribution in [0, 0.1) is 6.92 Å². The highest BCUT2D eigenvalue weighted by atomic mass is 16.2. The molecule has 0 spiro atoms. The monoisotopic (exact) mass is 338 g/mol. The maximum Gasteiger partial charge on any atom is 0.274 e. The zero-order valence-electron chi connectivity index (χ0n) is 14.3. The molecule has 2 heterocycles. The lowest BCUT2D eigenvalue weighted by Crippen LogP contribution is -2.47. The van der Waals surface area contributed by atoms with E-state index in [1.54, 1.807) is 11.1 Å². The molecule has 1 saturated heterocycles. The second kappa shape index (κ2) is 7.88. The van der Waals surface area contributed by atoms with Crippen LogP contribution in [0.5, 0.6) is 0 Å². The second-order valence-electron chi connectivity index (χ2n) is 6.39. The number of aromatic nitrogens is 2. The fourth-order valence-electron chi connectivity index (χ4n) is 3.08. The Morgan fingerprint density at radius 3 is 2.72 bits per heavy atom. The molecule has 2 amide bonds. The lowest BCUT2D eigenvalue weighted by molar-refractivity contribution is -0.121. The third kappa shape index (κ3) is 4.62. The highest BCUT2D eigenvalue weighted by molar-refractivity contribution is 5.92. The number of carbonyl (C=O) groups excluding carboxylic acids is 2. The third-order valence-corrected chi connectivity index (χ3v) is 4.38. The fourth-order valence-corrected chi connectivity index (χ4v) is 3.08. The summed E-state index contributed by atoms with van der Waals surface area (Å²) < 4.78 is 0. The average Bonchev–Trinajstić information content (AvgIpc) is 2.62. The number of nitrogens with one attached hydrogen (secondary N) is 1. The topological polar surface area (TPSA) is 75.2 Å². The molecule has 1 aliphatic rings. The van der Waals surface area contributed by atoms with Gasteiger partial charge in [-0.15, -0.1) is 0 Å². The quantitative estimate of drug-likeness (QED) is 0.921. The van der Waals surface area contributed by atoms with E-state index in [-0.39, 0.29) is 17.9 Å². The van der Waals surface area contributed by atoms with Crippen molar-refractivity contribution in [1.29, 1.82) is 0 Å². The summed E-state index contributed by atoms with van der Waals surface area (Å²) in [6.45, 7) is 3.25. The van der Waals surface area contributed by atoms with Gasteiger partial charge in [-0.2, -0.15) is 0 Å². The summed E-state index contributed by atoms with van der Waals surface area (Å²) in [7, 11) is 0. The van der Waals surface area contributed by atoms with Crippen molar-refractivity contribution in [2.24, 2.45) is 0 Å². The molecule has 25 heavy (non-hydrogen) atoms. The number of amides is 2. The standard InChI is InChI=1S/C19H22N4O2/c1-14-3-2-4-15(11-14)12-18(24)22-16-5-9-23(10-6-16)19(25)17-13-20-7-8-21-17/h2-4,7-8,11,13,16H,5-6,9-10,12H2,1H3,(H,22,24). The minimum absolute atomic E-state index is 0.0318. The molecule has 2 aromatic rings. The van der Waals surface area contributed by atoms with E-state index in [0.717, 1.165) is 24.0 Å². The van der Waals surface area contributed by atoms with Crippen LogP contribution in [0.1, 0.15) is 34.5 Å². The number of hydrogen-bond acceptors (Lipinski definition) is 4. The molecule has 0 atom stereocenters. The number of nitrogens with zero attached hydrogens (tertiary/aromatic N) is 3. The van der Waals surface area contributed by atoms with E-state index < -0.39 is 0 Å². The van der Waals surface area contributed by atoms with Crippen LogP contribution in [0.3, 0.4) is 0 Å². The number of piperidine rings is 1. The lowest BCUT2D eigenvalue weighted by Gasteiger charge is -2.32. The molecule has 1 N–H and O–H groups in total. The molecular formula is C19H22N4O2. The van der Waals surface area contributed by atoms with Crippen molar-refractivity contribution in [3.63, 3.8) is 0 Å². The highest BCUT2D eigenvalue weighted by Gasteiger charge is 2.25. The molecule has 1 aromatic heterocycles. The summed E-state index contributed by atoms with van der Waals surface area (Å²) >= 11 is 0. The molecule has 1 fully saturated rings. The van der Waals surface area contributed by atoms with E-state index in [9.17, 15) is 9.59 Å². The van der Waals surface area contributed by atoms with Gasteiger partial charge in [0.1, 0.15) is 5.69 Å². The lowest BCUT2D eigenvalue weighted by atomic mass is 10.0. The van der Waals surface area contributed by atoms with Gasteiger partial charge in [0.25, 0.3) is 5.91 Å². The van der Waals surface area contributed by atoms with E-state index in [1.165, 1.54) is 12.4 Å². The minimum atomic E-state index is -0.0994. The van der Waals surface area contributed by atoms with Crippen molar-refractivity contribution in [3.05, 3.63) is 59.7 Å². The van der Waals surface area contributed by atoms with E-state index in [0.29, 0.717) is 25.2 Å². The number of aryl methyl sites for hydroxylation is 1. The van der Waals surface area contributed by atoms with Crippen LogP contribution >= 0.6 is 0 Å². The summed E-state index contributed by atoms with van der Waals surface area (Å²) in [6, 6.07) is 8.10.